The van der Waals surface area contributed by atoms with Gasteiger partial charge < -0.3 is 9.32 Å². The zero-order valence-electron chi connectivity index (χ0n) is 9.50. The predicted octanol–water partition coefficient (Wildman–Crippen LogP) is 3.16. The zero-order chi connectivity index (χ0) is 11.6. The third-order valence-electron chi connectivity index (χ3n) is 1.84. The van der Waals surface area contributed by atoms with Gasteiger partial charge in [-0.05, 0) is 33.5 Å². The molecule has 0 fully saturated rings. The number of carbonyl (C=O) groups excluding carboxylic acids is 1. The van der Waals surface area contributed by atoms with Crippen molar-refractivity contribution in [1.29, 1.82) is 0 Å². The summed E-state index contributed by atoms with van der Waals surface area (Å²) in [5.41, 5.74) is 0.0915. The Hall–Kier alpha value is -0.770. The number of hydrogen-bond donors (Lipinski definition) is 0. The fourth-order valence-electron chi connectivity index (χ4n) is 1.40. The first-order valence-electron chi connectivity index (χ1n) is 4.80. The average Bonchev–Trinajstić information content (AvgIpc) is 2.47. The first kappa shape index (κ1) is 12.3. The summed E-state index contributed by atoms with van der Waals surface area (Å²) >= 11 is 3.17. The number of hydrogen-bond acceptors (Lipinski definition) is 2. The molecular weight excluding hydrogens is 258 g/mol. The topological polar surface area (TPSA) is 33.5 Å². The van der Waals surface area contributed by atoms with Crippen LogP contribution < -0.4 is 0 Å². The van der Waals surface area contributed by atoms with E-state index in [9.17, 15) is 4.79 Å². The lowest BCUT2D eigenvalue weighted by Gasteiger charge is -2.25. The molecule has 1 amide bonds. The fraction of sp³-hybridized carbons (Fsp3) is 0.545. The Bertz CT molecular complexity index is 352. The SMILES string of the molecule is CN(CC(C)(C)C)C(=O)c1ccc(Br)o1. The van der Waals surface area contributed by atoms with Crippen molar-refractivity contribution in [2.45, 2.75) is 20.8 Å². The standard InChI is InChI=1S/C11H16BrNO2/c1-11(2,3)7-13(4)10(14)8-5-6-9(12)15-8/h5-6H,7H2,1-4H3. The van der Waals surface area contributed by atoms with E-state index in [4.69, 9.17) is 4.42 Å². The lowest BCUT2D eigenvalue weighted by Crippen LogP contribution is -2.34. The summed E-state index contributed by atoms with van der Waals surface area (Å²) in [5, 5.41) is 0. The maximum atomic E-state index is 11.8. The summed E-state index contributed by atoms with van der Waals surface area (Å²) in [6.45, 7) is 6.97. The van der Waals surface area contributed by atoms with Gasteiger partial charge in [-0.1, -0.05) is 20.8 Å². The minimum atomic E-state index is -0.0874. The van der Waals surface area contributed by atoms with Crippen LogP contribution in [-0.4, -0.2) is 24.4 Å². The highest BCUT2D eigenvalue weighted by Crippen LogP contribution is 2.18. The second-order valence-electron chi connectivity index (χ2n) is 4.83. The Morgan fingerprint density at radius 3 is 2.47 bits per heavy atom. The molecule has 0 N–H and O–H groups in total. The third kappa shape index (κ3) is 3.70. The predicted molar refractivity (Wildman–Crippen MR) is 62.8 cm³/mol. The van der Waals surface area contributed by atoms with Crippen molar-refractivity contribution >= 4 is 21.8 Å². The van der Waals surface area contributed by atoms with Crippen LogP contribution in [0.2, 0.25) is 0 Å². The van der Waals surface area contributed by atoms with E-state index in [1.165, 1.54) is 0 Å². The minimum absolute atomic E-state index is 0.0874. The van der Waals surface area contributed by atoms with Crippen LogP contribution in [0, 0.1) is 5.41 Å². The molecule has 15 heavy (non-hydrogen) atoms. The molecule has 84 valence electrons. The molecule has 0 atom stereocenters. The fourth-order valence-corrected chi connectivity index (χ4v) is 1.71. The van der Waals surface area contributed by atoms with Crippen LogP contribution in [0.3, 0.4) is 0 Å². The van der Waals surface area contributed by atoms with E-state index in [-0.39, 0.29) is 11.3 Å². The van der Waals surface area contributed by atoms with Gasteiger partial charge in [0.2, 0.25) is 0 Å². The van der Waals surface area contributed by atoms with Crippen molar-refractivity contribution < 1.29 is 9.21 Å². The van der Waals surface area contributed by atoms with Crippen LogP contribution in [0.1, 0.15) is 31.3 Å². The summed E-state index contributed by atoms with van der Waals surface area (Å²) in [6.07, 6.45) is 0. The maximum Gasteiger partial charge on any atom is 0.289 e. The summed E-state index contributed by atoms with van der Waals surface area (Å²) in [7, 11) is 1.78. The van der Waals surface area contributed by atoms with Crippen molar-refractivity contribution in [1.82, 2.24) is 4.90 Å². The van der Waals surface area contributed by atoms with E-state index in [1.54, 1.807) is 24.1 Å². The Balaban J connectivity index is 2.69. The molecule has 1 aromatic heterocycles. The first-order chi connectivity index (χ1) is 6.79. The van der Waals surface area contributed by atoms with E-state index < -0.39 is 0 Å². The number of rotatable bonds is 2. The second kappa shape index (κ2) is 4.39. The molecule has 0 radical (unpaired) electrons. The van der Waals surface area contributed by atoms with Gasteiger partial charge in [-0.3, -0.25) is 4.79 Å². The quantitative estimate of drug-likeness (QED) is 0.830. The van der Waals surface area contributed by atoms with Gasteiger partial charge in [0.1, 0.15) is 0 Å². The molecule has 4 heteroatoms. The summed E-state index contributed by atoms with van der Waals surface area (Å²) in [6, 6.07) is 3.39. The molecule has 0 bridgehead atoms. The summed E-state index contributed by atoms with van der Waals surface area (Å²) < 4.78 is 5.79. The smallest absolute Gasteiger partial charge is 0.289 e. The molecule has 3 nitrogen and oxygen atoms in total. The molecule has 0 spiro atoms. The molecule has 0 aliphatic heterocycles. The van der Waals surface area contributed by atoms with Crippen molar-refractivity contribution in [3.63, 3.8) is 0 Å². The highest BCUT2D eigenvalue weighted by atomic mass is 79.9. The van der Waals surface area contributed by atoms with Crippen LogP contribution in [0.4, 0.5) is 0 Å². The molecule has 1 aromatic rings. The van der Waals surface area contributed by atoms with Crippen molar-refractivity contribution in [2.75, 3.05) is 13.6 Å². The van der Waals surface area contributed by atoms with Gasteiger partial charge in [-0.2, -0.15) is 0 Å². The molecule has 0 aromatic carbocycles. The number of nitrogens with zero attached hydrogens (tertiary/aromatic N) is 1. The van der Waals surface area contributed by atoms with E-state index >= 15 is 0 Å². The molecular formula is C11H16BrNO2. The van der Waals surface area contributed by atoms with Gasteiger partial charge >= 0.3 is 0 Å². The molecule has 0 aliphatic carbocycles. The van der Waals surface area contributed by atoms with Crippen LogP contribution in [0.25, 0.3) is 0 Å². The Labute approximate surface area is 98.6 Å². The van der Waals surface area contributed by atoms with E-state index in [2.05, 4.69) is 36.7 Å². The van der Waals surface area contributed by atoms with Gasteiger partial charge in [-0.25, -0.2) is 0 Å². The highest BCUT2D eigenvalue weighted by molar-refractivity contribution is 9.10. The van der Waals surface area contributed by atoms with Crippen molar-refractivity contribution in [3.8, 4) is 0 Å². The Morgan fingerprint density at radius 2 is 2.07 bits per heavy atom. The normalized spacial score (nSPS) is 11.5. The Kier molecular flexibility index (Phi) is 3.60. The van der Waals surface area contributed by atoms with Crippen LogP contribution in [0.15, 0.2) is 21.2 Å². The molecule has 0 unspecified atom stereocenters. The Morgan fingerprint density at radius 1 is 1.47 bits per heavy atom. The molecule has 0 aliphatic rings. The van der Waals surface area contributed by atoms with Gasteiger partial charge in [0.25, 0.3) is 5.91 Å². The van der Waals surface area contributed by atoms with E-state index in [0.717, 1.165) is 0 Å². The lowest BCUT2D eigenvalue weighted by molar-refractivity contribution is 0.0712. The van der Waals surface area contributed by atoms with Crippen molar-refractivity contribution in [3.05, 3.63) is 22.6 Å². The number of furan rings is 1. The first-order valence-corrected chi connectivity index (χ1v) is 5.60. The van der Waals surface area contributed by atoms with Crippen LogP contribution in [-0.2, 0) is 0 Å². The highest BCUT2D eigenvalue weighted by Gasteiger charge is 2.20. The van der Waals surface area contributed by atoms with Gasteiger partial charge in [0.05, 0.1) is 0 Å². The van der Waals surface area contributed by atoms with Gasteiger partial charge in [-0.15, -0.1) is 0 Å². The number of amides is 1. The monoisotopic (exact) mass is 273 g/mol. The molecule has 0 saturated carbocycles. The molecule has 0 saturated heterocycles. The van der Waals surface area contributed by atoms with Crippen molar-refractivity contribution in [2.24, 2.45) is 5.41 Å². The summed E-state index contributed by atoms with van der Waals surface area (Å²) in [4.78, 5) is 13.5. The summed E-state index contributed by atoms with van der Waals surface area (Å²) in [5.74, 6) is 0.282. The van der Waals surface area contributed by atoms with Crippen LogP contribution in [0.5, 0.6) is 0 Å². The van der Waals surface area contributed by atoms with Gasteiger partial charge in [0.15, 0.2) is 10.4 Å². The third-order valence-corrected chi connectivity index (χ3v) is 2.27. The average molecular weight is 274 g/mol. The van der Waals surface area contributed by atoms with Crippen LogP contribution >= 0.6 is 15.9 Å². The van der Waals surface area contributed by atoms with E-state index in [0.29, 0.717) is 17.0 Å². The molecule has 1 heterocycles. The zero-order valence-corrected chi connectivity index (χ0v) is 11.1. The largest absolute Gasteiger partial charge is 0.444 e. The second-order valence-corrected chi connectivity index (χ2v) is 5.61. The van der Waals surface area contributed by atoms with E-state index in [1.807, 2.05) is 0 Å². The lowest BCUT2D eigenvalue weighted by atomic mass is 9.96. The number of halogens is 1. The molecule has 1 rings (SSSR count). The maximum absolute atomic E-state index is 11.8. The van der Waals surface area contributed by atoms with Gasteiger partial charge in [0, 0.05) is 13.6 Å². The number of carbonyl (C=O) groups is 1. The minimum Gasteiger partial charge on any atom is -0.444 e.